The van der Waals surface area contributed by atoms with E-state index in [-0.39, 0.29) is 26.4 Å². The molecule has 3 saturated heterocycles. The van der Waals surface area contributed by atoms with Crippen molar-refractivity contribution in [1.29, 1.82) is 0 Å². The summed E-state index contributed by atoms with van der Waals surface area (Å²) in [6, 6.07) is 0. The first-order chi connectivity index (χ1) is 16.4. The van der Waals surface area contributed by atoms with Crippen LogP contribution in [0.25, 0.3) is 0 Å². The van der Waals surface area contributed by atoms with Gasteiger partial charge in [0.05, 0.1) is 48.8 Å². The van der Waals surface area contributed by atoms with Gasteiger partial charge in [-0.15, -0.1) is 0 Å². The average molecular weight is 516 g/mol. The van der Waals surface area contributed by atoms with Crippen LogP contribution in [0.15, 0.2) is 0 Å². The van der Waals surface area contributed by atoms with Crippen LogP contribution in [-0.2, 0) is 18.9 Å². The van der Waals surface area contributed by atoms with Crippen molar-refractivity contribution >= 4 is 0 Å². The molecular weight excluding hydrogens is 462 g/mol. The van der Waals surface area contributed by atoms with Crippen LogP contribution in [0.3, 0.4) is 0 Å². The lowest BCUT2D eigenvalue weighted by Crippen LogP contribution is -2.53. The van der Waals surface area contributed by atoms with Gasteiger partial charge < -0.3 is 34.1 Å². The monoisotopic (exact) mass is 515 g/mol. The van der Waals surface area contributed by atoms with Crippen LogP contribution in [0, 0.1) is 0 Å². The van der Waals surface area contributed by atoms with Crippen LogP contribution >= 0.6 is 0 Å². The van der Waals surface area contributed by atoms with Crippen LogP contribution in [0.4, 0.5) is 0 Å². The number of hydrogen-bond acceptors (Lipinski definition) is 9. The molecule has 212 valence electrons. The first-order valence-electron chi connectivity index (χ1n) is 13.5. The zero-order valence-corrected chi connectivity index (χ0v) is 24.4. The van der Waals surface area contributed by atoms with Crippen LogP contribution in [-0.4, -0.2) is 144 Å². The van der Waals surface area contributed by atoms with E-state index < -0.39 is 33.6 Å². The van der Waals surface area contributed by atoms with E-state index >= 15 is 0 Å². The maximum atomic E-state index is 11.5. The van der Waals surface area contributed by atoms with Crippen molar-refractivity contribution in [3.8, 4) is 0 Å². The molecule has 0 aromatic heterocycles. The second kappa shape index (κ2) is 10.7. The van der Waals surface area contributed by atoms with Gasteiger partial charge in [0.15, 0.2) is 0 Å². The van der Waals surface area contributed by atoms with E-state index in [9.17, 15) is 10.2 Å². The summed E-state index contributed by atoms with van der Waals surface area (Å²) in [5.41, 5.74) is -4.15. The molecule has 0 spiro atoms. The molecule has 36 heavy (non-hydrogen) atoms. The molecular formula is C27H53N3O6. The lowest BCUT2D eigenvalue weighted by atomic mass is 9.89. The molecule has 0 aromatic rings. The molecule has 0 saturated carbocycles. The van der Waals surface area contributed by atoms with Crippen molar-refractivity contribution in [2.75, 3.05) is 85.8 Å². The topological polar surface area (TPSA) is 87.1 Å². The Kier molecular flexibility index (Phi) is 8.94. The Hall–Kier alpha value is -0.360. The summed E-state index contributed by atoms with van der Waals surface area (Å²) in [7, 11) is 2.12. The molecule has 3 aliphatic rings. The highest BCUT2D eigenvalue weighted by Crippen LogP contribution is 2.35. The third-order valence-corrected chi connectivity index (χ3v) is 9.07. The summed E-state index contributed by atoms with van der Waals surface area (Å²) in [5.74, 6) is 0. The molecule has 0 radical (unpaired) electrons. The lowest BCUT2D eigenvalue weighted by Gasteiger charge is -2.38. The summed E-state index contributed by atoms with van der Waals surface area (Å²) >= 11 is 0. The van der Waals surface area contributed by atoms with Gasteiger partial charge >= 0.3 is 0 Å². The predicted octanol–water partition coefficient (Wildman–Crippen LogP) is 1.21. The molecule has 0 amide bonds. The van der Waals surface area contributed by atoms with Crippen LogP contribution < -0.4 is 0 Å². The Bertz CT molecular complexity index is 645. The van der Waals surface area contributed by atoms with E-state index in [1.54, 1.807) is 0 Å². The zero-order chi connectivity index (χ0) is 27.0. The normalized spacial score (nSPS) is 31.4. The number of rotatable bonds is 4. The van der Waals surface area contributed by atoms with E-state index in [0.717, 1.165) is 39.3 Å². The standard InChI is InChI=1S/C27H53N3O6/c1-22(2)23(3,4)34-19-26(31,18-33-22)16-29-12-10-28(9)11-13-30(15-14-29)17-27(32)20-35-24(5,6)25(7,8)36-21-27/h31-32H,10-21H2,1-9H3. The Morgan fingerprint density at radius 2 is 0.750 bits per heavy atom. The number of aliphatic hydroxyl groups is 2. The molecule has 0 aromatic carbocycles. The van der Waals surface area contributed by atoms with Gasteiger partial charge in [0.1, 0.15) is 11.2 Å². The van der Waals surface area contributed by atoms with E-state index in [2.05, 4.69) is 21.7 Å². The smallest absolute Gasteiger partial charge is 0.124 e. The predicted molar refractivity (Wildman–Crippen MR) is 140 cm³/mol. The molecule has 0 unspecified atom stereocenters. The number of ether oxygens (including phenoxy) is 4. The van der Waals surface area contributed by atoms with E-state index in [0.29, 0.717) is 13.1 Å². The van der Waals surface area contributed by atoms with Gasteiger partial charge in [0.25, 0.3) is 0 Å². The molecule has 3 aliphatic heterocycles. The minimum absolute atomic E-state index is 0.236. The summed E-state index contributed by atoms with van der Waals surface area (Å²) in [5, 5.41) is 22.9. The summed E-state index contributed by atoms with van der Waals surface area (Å²) in [6.45, 7) is 23.0. The highest BCUT2D eigenvalue weighted by atomic mass is 16.6. The molecule has 0 bridgehead atoms. The minimum atomic E-state index is -1.08. The molecule has 2 N–H and O–H groups in total. The lowest BCUT2D eigenvalue weighted by molar-refractivity contribution is -0.147. The van der Waals surface area contributed by atoms with Crippen molar-refractivity contribution in [2.45, 2.75) is 89.0 Å². The zero-order valence-electron chi connectivity index (χ0n) is 24.4. The maximum absolute atomic E-state index is 11.5. The Balaban J connectivity index is 1.66. The highest BCUT2D eigenvalue weighted by molar-refractivity contribution is 4.98. The van der Waals surface area contributed by atoms with Crippen molar-refractivity contribution in [1.82, 2.24) is 14.7 Å². The molecule has 0 aliphatic carbocycles. The number of hydrogen-bond donors (Lipinski definition) is 2. The third kappa shape index (κ3) is 7.18. The highest BCUT2D eigenvalue weighted by Gasteiger charge is 2.48. The van der Waals surface area contributed by atoms with Crippen molar-refractivity contribution in [2.24, 2.45) is 0 Å². The Morgan fingerprint density at radius 1 is 0.500 bits per heavy atom. The first-order valence-corrected chi connectivity index (χ1v) is 13.5. The Labute approximate surface area is 219 Å². The summed E-state index contributed by atoms with van der Waals surface area (Å²) < 4.78 is 24.6. The molecule has 9 heteroatoms. The van der Waals surface area contributed by atoms with Gasteiger partial charge in [0.2, 0.25) is 0 Å². The SMILES string of the molecule is CN1CCN(CC2(O)COC(C)(C)C(C)(C)OC2)CCN(CC2(O)COC(C)(C)C(C)(C)OC2)CC1. The second-order valence-corrected chi connectivity index (χ2v) is 13.5. The Morgan fingerprint density at radius 3 is 1.03 bits per heavy atom. The molecule has 3 fully saturated rings. The van der Waals surface area contributed by atoms with Gasteiger partial charge in [-0.05, 0) is 62.4 Å². The van der Waals surface area contributed by atoms with Gasteiger partial charge in [0, 0.05) is 52.4 Å². The van der Waals surface area contributed by atoms with Crippen LogP contribution in [0.5, 0.6) is 0 Å². The summed E-state index contributed by atoms with van der Waals surface area (Å²) in [6.07, 6.45) is 0. The fraction of sp³-hybridized carbons (Fsp3) is 1.00. The second-order valence-electron chi connectivity index (χ2n) is 13.5. The van der Waals surface area contributed by atoms with Gasteiger partial charge in [-0.2, -0.15) is 0 Å². The maximum Gasteiger partial charge on any atom is 0.124 e. The van der Waals surface area contributed by atoms with Crippen molar-refractivity contribution < 1.29 is 29.2 Å². The van der Waals surface area contributed by atoms with E-state index in [1.807, 2.05) is 55.4 Å². The first kappa shape index (κ1) is 30.2. The van der Waals surface area contributed by atoms with Crippen LogP contribution in [0.1, 0.15) is 55.4 Å². The van der Waals surface area contributed by atoms with Gasteiger partial charge in [-0.3, -0.25) is 9.80 Å². The molecule has 3 rings (SSSR count). The van der Waals surface area contributed by atoms with Crippen molar-refractivity contribution in [3.63, 3.8) is 0 Å². The number of nitrogens with zero attached hydrogens (tertiary/aromatic N) is 3. The number of β-amino-alcohol motifs (C(OH)–C–C–N with tert-alkyl or cyclic N) is 2. The summed E-state index contributed by atoms with van der Waals surface area (Å²) in [4.78, 5) is 6.89. The van der Waals surface area contributed by atoms with Crippen LogP contribution in [0.2, 0.25) is 0 Å². The average Bonchev–Trinajstić information content (AvgIpc) is 2.86. The fourth-order valence-electron chi connectivity index (χ4n) is 4.61. The fourth-order valence-corrected chi connectivity index (χ4v) is 4.61. The largest absolute Gasteiger partial charge is 0.384 e. The van der Waals surface area contributed by atoms with E-state index in [4.69, 9.17) is 18.9 Å². The molecule has 0 atom stereocenters. The molecule has 9 nitrogen and oxygen atoms in total. The number of likely N-dealkylation sites (N-methyl/N-ethyl adjacent to an activating group) is 1. The third-order valence-electron chi connectivity index (χ3n) is 9.07. The quantitative estimate of drug-likeness (QED) is 0.574. The minimum Gasteiger partial charge on any atom is -0.384 e. The van der Waals surface area contributed by atoms with E-state index in [1.165, 1.54) is 0 Å². The molecule has 3 heterocycles. The van der Waals surface area contributed by atoms with Gasteiger partial charge in [-0.25, -0.2) is 0 Å². The van der Waals surface area contributed by atoms with Crippen molar-refractivity contribution in [3.05, 3.63) is 0 Å². The van der Waals surface area contributed by atoms with Gasteiger partial charge in [-0.1, -0.05) is 0 Å².